The predicted octanol–water partition coefficient (Wildman–Crippen LogP) is 2.02. The number of halogens is 3. The van der Waals surface area contributed by atoms with Crippen LogP contribution in [0, 0.1) is 5.92 Å². The number of alkyl halides is 3. The SMILES string of the molecule is CC1CC=C(C(O)(CO)C(F)(F)F)CC1. The van der Waals surface area contributed by atoms with Gasteiger partial charge in [-0.3, -0.25) is 0 Å². The molecule has 0 aliphatic heterocycles. The second kappa shape index (κ2) is 4.14. The van der Waals surface area contributed by atoms with Crippen molar-refractivity contribution in [2.45, 2.75) is 38.0 Å². The van der Waals surface area contributed by atoms with Crippen LogP contribution >= 0.6 is 0 Å². The number of aliphatic hydroxyl groups excluding tert-OH is 1. The van der Waals surface area contributed by atoms with Gasteiger partial charge in [0, 0.05) is 0 Å². The molecule has 0 saturated carbocycles. The molecular formula is C10H15F3O2. The van der Waals surface area contributed by atoms with E-state index in [0.717, 1.165) is 0 Å². The summed E-state index contributed by atoms with van der Waals surface area (Å²) in [5.41, 5.74) is -3.15. The Morgan fingerprint density at radius 3 is 2.40 bits per heavy atom. The molecular weight excluding hydrogens is 209 g/mol. The Bertz CT molecular complexity index is 260. The van der Waals surface area contributed by atoms with Gasteiger partial charge in [-0.15, -0.1) is 0 Å². The molecule has 0 aromatic heterocycles. The Hall–Kier alpha value is -0.550. The maximum atomic E-state index is 12.5. The lowest BCUT2D eigenvalue weighted by Crippen LogP contribution is -2.50. The van der Waals surface area contributed by atoms with Gasteiger partial charge in [-0.1, -0.05) is 13.0 Å². The molecule has 1 aliphatic carbocycles. The van der Waals surface area contributed by atoms with Gasteiger partial charge >= 0.3 is 6.18 Å². The standard InChI is InChI=1S/C10H15F3O2/c1-7-2-4-8(5-3-7)9(15,6-14)10(11,12)13/h4,7,14-15H,2-3,5-6H2,1H3. The van der Waals surface area contributed by atoms with Crippen molar-refractivity contribution < 1.29 is 23.4 Å². The molecule has 2 nitrogen and oxygen atoms in total. The van der Waals surface area contributed by atoms with Crippen LogP contribution in [-0.4, -0.2) is 28.6 Å². The Morgan fingerprint density at radius 1 is 1.47 bits per heavy atom. The number of rotatable bonds is 2. The zero-order valence-electron chi connectivity index (χ0n) is 8.51. The molecule has 1 rings (SSSR count). The zero-order valence-corrected chi connectivity index (χ0v) is 8.51. The average molecular weight is 224 g/mol. The van der Waals surface area contributed by atoms with Gasteiger partial charge in [0.2, 0.25) is 5.60 Å². The van der Waals surface area contributed by atoms with Crippen LogP contribution in [0.1, 0.15) is 26.2 Å². The molecule has 5 heteroatoms. The van der Waals surface area contributed by atoms with E-state index in [4.69, 9.17) is 5.11 Å². The monoisotopic (exact) mass is 224 g/mol. The van der Waals surface area contributed by atoms with Gasteiger partial charge in [0.15, 0.2) is 0 Å². The molecule has 0 heterocycles. The predicted molar refractivity (Wildman–Crippen MR) is 49.2 cm³/mol. The molecule has 0 spiro atoms. The first-order valence-electron chi connectivity index (χ1n) is 4.90. The van der Waals surface area contributed by atoms with Crippen LogP contribution in [0.3, 0.4) is 0 Å². The summed E-state index contributed by atoms with van der Waals surface area (Å²) < 4.78 is 37.6. The van der Waals surface area contributed by atoms with Gasteiger partial charge in [0.1, 0.15) is 0 Å². The summed E-state index contributed by atoms with van der Waals surface area (Å²) in [6.07, 6.45) is -2.08. The van der Waals surface area contributed by atoms with Gasteiger partial charge in [0.05, 0.1) is 6.61 Å². The third-order valence-corrected chi connectivity index (χ3v) is 2.90. The molecule has 0 saturated heterocycles. The van der Waals surface area contributed by atoms with Crippen LogP contribution < -0.4 is 0 Å². The summed E-state index contributed by atoms with van der Waals surface area (Å²) in [6.45, 7) is 0.635. The first-order chi connectivity index (χ1) is 6.81. The second-order valence-corrected chi connectivity index (χ2v) is 4.13. The summed E-state index contributed by atoms with van der Waals surface area (Å²) in [7, 11) is 0. The maximum Gasteiger partial charge on any atom is 0.423 e. The highest BCUT2D eigenvalue weighted by Gasteiger charge is 2.55. The quantitative estimate of drug-likeness (QED) is 0.704. The van der Waals surface area contributed by atoms with Crippen LogP contribution in [0.25, 0.3) is 0 Å². The van der Waals surface area contributed by atoms with Crippen molar-refractivity contribution in [3.8, 4) is 0 Å². The summed E-state index contributed by atoms with van der Waals surface area (Å²) in [5, 5.41) is 18.2. The van der Waals surface area contributed by atoms with E-state index in [1.165, 1.54) is 6.08 Å². The van der Waals surface area contributed by atoms with E-state index < -0.39 is 18.4 Å². The van der Waals surface area contributed by atoms with Crippen molar-refractivity contribution in [1.82, 2.24) is 0 Å². The molecule has 2 N–H and O–H groups in total. The summed E-state index contributed by atoms with van der Waals surface area (Å²) in [5.74, 6) is 0.338. The van der Waals surface area contributed by atoms with Crippen molar-refractivity contribution in [2.24, 2.45) is 5.92 Å². The minimum atomic E-state index is -4.81. The van der Waals surface area contributed by atoms with Crippen molar-refractivity contribution in [3.05, 3.63) is 11.6 Å². The minimum absolute atomic E-state index is 0.101. The van der Waals surface area contributed by atoms with E-state index in [1.54, 1.807) is 0 Å². The lowest BCUT2D eigenvalue weighted by Gasteiger charge is -2.33. The summed E-state index contributed by atoms with van der Waals surface area (Å²) in [6, 6.07) is 0. The van der Waals surface area contributed by atoms with Gasteiger partial charge in [0.25, 0.3) is 0 Å². The number of allylic oxidation sites excluding steroid dienone is 1. The number of hydrogen-bond donors (Lipinski definition) is 2. The van der Waals surface area contributed by atoms with Crippen molar-refractivity contribution in [1.29, 1.82) is 0 Å². The molecule has 15 heavy (non-hydrogen) atoms. The molecule has 1 aliphatic rings. The largest absolute Gasteiger partial charge is 0.423 e. The Kier molecular flexibility index (Phi) is 3.45. The number of aliphatic hydroxyl groups is 2. The lowest BCUT2D eigenvalue weighted by atomic mass is 9.82. The van der Waals surface area contributed by atoms with E-state index in [-0.39, 0.29) is 12.0 Å². The van der Waals surface area contributed by atoms with E-state index in [1.807, 2.05) is 6.92 Å². The molecule has 0 aromatic carbocycles. The van der Waals surface area contributed by atoms with Gasteiger partial charge in [-0.25, -0.2) is 0 Å². The Balaban J connectivity index is 2.93. The Labute approximate surface area is 86.4 Å². The van der Waals surface area contributed by atoms with E-state index >= 15 is 0 Å². The van der Waals surface area contributed by atoms with Crippen molar-refractivity contribution in [3.63, 3.8) is 0 Å². The molecule has 88 valence electrons. The third kappa shape index (κ3) is 2.34. The third-order valence-electron chi connectivity index (χ3n) is 2.90. The van der Waals surface area contributed by atoms with Crippen LogP contribution in [0.15, 0.2) is 11.6 Å². The van der Waals surface area contributed by atoms with Crippen LogP contribution in [-0.2, 0) is 0 Å². The highest BCUT2D eigenvalue weighted by molar-refractivity contribution is 5.22. The van der Waals surface area contributed by atoms with Crippen LogP contribution in [0.4, 0.5) is 13.2 Å². The molecule has 2 unspecified atom stereocenters. The fourth-order valence-corrected chi connectivity index (χ4v) is 1.71. The van der Waals surface area contributed by atoms with Crippen molar-refractivity contribution >= 4 is 0 Å². The molecule has 2 atom stereocenters. The number of hydrogen-bond acceptors (Lipinski definition) is 2. The van der Waals surface area contributed by atoms with E-state index in [0.29, 0.717) is 18.8 Å². The first kappa shape index (κ1) is 12.5. The molecule has 0 amide bonds. The fourth-order valence-electron chi connectivity index (χ4n) is 1.71. The molecule has 0 bridgehead atoms. The summed E-state index contributed by atoms with van der Waals surface area (Å²) >= 11 is 0. The topological polar surface area (TPSA) is 40.5 Å². The highest BCUT2D eigenvalue weighted by atomic mass is 19.4. The van der Waals surface area contributed by atoms with Gasteiger partial charge in [-0.2, -0.15) is 13.2 Å². The normalized spacial score (nSPS) is 27.1. The van der Waals surface area contributed by atoms with Gasteiger partial charge in [-0.05, 0) is 30.8 Å². The molecule has 0 radical (unpaired) electrons. The van der Waals surface area contributed by atoms with Crippen LogP contribution in [0.2, 0.25) is 0 Å². The lowest BCUT2D eigenvalue weighted by molar-refractivity contribution is -0.255. The van der Waals surface area contributed by atoms with Crippen LogP contribution in [0.5, 0.6) is 0 Å². The minimum Gasteiger partial charge on any atom is -0.393 e. The summed E-state index contributed by atoms with van der Waals surface area (Å²) in [4.78, 5) is 0. The average Bonchev–Trinajstić information content (AvgIpc) is 2.16. The van der Waals surface area contributed by atoms with Gasteiger partial charge < -0.3 is 10.2 Å². The highest BCUT2D eigenvalue weighted by Crippen LogP contribution is 2.40. The fraction of sp³-hybridized carbons (Fsp3) is 0.800. The smallest absolute Gasteiger partial charge is 0.393 e. The zero-order chi connectivity index (χ0) is 11.7. The first-order valence-corrected chi connectivity index (χ1v) is 4.90. The second-order valence-electron chi connectivity index (χ2n) is 4.13. The molecule has 0 fully saturated rings. The van der Waals surface area contributed by atoms with E-state index in [9.17, 15) is 18.3 Å². The molecule has 0 aromatic rings. The van der Waals surface area contributed by atoms with Crippen molar-refractivity contribution in [2.75, 3.05) is 6.61 Å². The van der Waals surface area contributed by atoms with E-state index in [2.05, 4.69) is 0 Å². The Morgan fingerprint density at radius 2 is 2.07 bits per heavy atom. The maximum absolute atomic E-state index is 12.5.